The van der Waals surface area contributed by atoms with Crippen LogP contribution in [0.4, 0.5) is 0 Å². The molecule has 0 bridgehead atoms. The van der Waals surface area contributed by atoms with Crippen LogP contribution in [0, 0.1) is 0 Å². The number of fused-ring (bicyclic) bond motifs is 1. The molecule has 32 heavy (non-hydrogen) atoms. The predicted octanol–water partition coefficient (Wildman–Crippen LogP) is 4.02. The fraction of sp³-hybridized carbons (Fsp3) is 0.542. The van der Waals surface area contributed by atoms with Gasteiger partial charge < -0.3 is 14.9 Å². The van der Waals surface area contributed by atoms with Gasteiger partial charge in [0.2, 0.25) is 0 Å². The normalized spacial score (nSPS) is 24.1. The number of thioether (sulfide) groups is 1. The Labute approximate surface area is 193 Å². The van der Waals surface area contributed by atoms with Crippen molar-refractivity contribution in [2.75, 3.05) is 12.9 Å². The summed E-state index contributed by atoms with van der Waals surface area (Å²) >= 11 is 1.44. The third-order valence-corrected chi connectivity index (χ3v) is 7.31. The summed E-state index contributed by atoms with van der Waals surface area (Å²) in [5, 5.41) is 20.0. The average Bonchev–Trinajstić information content (AvgIpc) is 2.67. The number of aliphatic imine (C=N–C) groups is 1. The van der Waals surface area contributed by atoms with Crippen molar-refractivity contribution in [2.45, 2.75) is 70.4 Å². The number of benzene rings is 1. The van der Waals surface area contributed by atoms with Gasteiger partial charge in [0.25, 0.3) is 11.6 Å². The van der Waals surface area contributed by atoms with Gasteiger partial charge in [0.1, 0.15) is 16.8 Å². The quantitative estimate of drug-likeness (QED) is 0.520. The van der Waals surface area contributed by atoms with Crippen molar-refractivity contribution in [1.29, 1.82) is 0 Å². The number of phenols is 1. The molecule has 0 radical (unpaired) electrons. The predicted molar refractivity (Wildman–Crippen MR) is 126 cm³/mol. The highest BCUT2D eigenvalue weighted by Gasteiger charge is 2.65. The number of phenolic OH excluding ortho intramolecular Hbond substituents is 1. The molecule has 0 spiro atoms. The third-order valence-electron chi connectivity index (χ3n) is 5.86. The highest BCUT2D eigenvalue weighted by molar-refractivity contribution is 8.00. The monoisotopic (exact) mass is 460 g/mol. The Morgan fingerprint density at radius 2 is 1.75 bits per heavy atom. The van der Waals surface area contributed by atoms with Gasteiger partial charge in [-0.2, -0.15) is 0 Å². The number of carboxylic acids is 1. The van der Waals surface area contributed by atoms with E-state index in [-0.39, 0.29) is 22.3 Å². The number of nitrogens with zero attached hydrogens (tertiary/aromatic N) is 2. The third kappa shape index (κ3) is 3.83. The number of β-lactam (4-membered cyclic amide) rings is 1. The molecule has 2 atom stereocenters. The molecule has 0 saturated carbocycles. The molecule has 1 aromatic rings. The van der Waals surface area contributed by atoms with Crippen LogP contribution in [0.15, 0.2) is 28.4 Å². The van der Waals surface area contributed by atoms with Gasteiger partial charge in [0.15, 0.2) is 0 Å². The molecule has 0 aromatic heterocycles. The van der Waals surface area contributed by atoms with E-state index >= 15 is 0 Å². The fourth-order valence-corrected chi connectivity index (χ4v) is 5.45. The van der Waals surface area contributed by atoms with E-state index in [0.717, 1.165) is 16.7 Å². The first-order chi connectivity index (χ1) is 14.6. The van der Waals surface area contributed by atoms with Gasteiger partial charge in [-0.25, -0.2) is 9.79 Å². The topological polar surface area (TPSA) is 99.4 Å². The highest BCUT2D eigenvalue weighted by Crippen LogP contribution is 2.48. The van der Waals surface area contributed by atoms with Crippen LogP contribution in [-0.2, 0) is 25.2 Å². The van der Waals surface area contributed by atoms with E-state index in [1.54, 1.807) is 13.1 Å². The Bertz CT molecular complexity index is 997. The summed E-state index contributed by atoms with van der Waals surface area (Å²) in [5.74, 6) is -0.865. The second-order valence-corrected chi connectivity index (χ2v) is 11.5. The summed E-state index contributed by atoms with van der Waals surface area (Å²) in [6.07, 6.45) is 1.59. The number of hydrogen-bond acceptors (Lipinski definition) is 6. The van der Waals surface area contributed by atoms with Crippen molar-refractivity contribution in [1.82, 2.24) is 4.90 Å². The summed E-state index contributed by atoms with van der Waals surface area (Å²) < 4.78 is 5.58. The van der Waals surface area contributed by atoms with E-state index in [4.69, 9.17) is 4.74 Å². The van der Waals surface area contributed by atoms with E-state index < -0.39 is 23.0 Å². The van der Waals surface area contributed by atoms with Crippen molar-refractivity contribution < 1.29 is 24.5 Å². The number of methoxy groups -OCH3 is 1. The van der Waals surface area contributed by atoms with Crippen molar-refractivity contribution in [3.8, 4) is 5.75 Å². The molecule has 1 amide bonds. The lowest BCUT2D eigenvalue weighted by atomic mass is 9.78. The number of amides is 1. The Balaban J connectivity index is 2.05. The largest absolute Gasteiger partial charge is 0.507 e. The molecule has 2 heterocycles. The first kappa shape index (κ1) is 24.3. The molecular formula is C24H32N2O5S. The Morgan fingerprint density at radius 3 is 2.19 bits per heavy atom. The van der Waals surface area contributed by atoms with Crippen LogP contribution in [0.3, 0.4) is 0 Å². The second kappa shape index (κ2) is 7.92. The van der Waals surface area contributed by atoms with Gasteiger partial charge in [-0.3, -0.25) is 9.69 Å². The molecule has 7 nitrogen and oxygen atoms in total. The number of carbonyl (C=O) groups excluding carboxylic acids is 1. The van der Waals surface area contributed by atoms with Gasteiger partial charge in [0, 0.05) is 30.2 Å². The first-order valence-electron chi connectivity index (χ1n) is 10.5. The zero-order valence-electron chi connectivity index (χ0n) is 19.9. The highest BCUT2D eigenvalue weighted by atomic mass is 32.2. The van der Waals surface area contributed by atoms with Crippen LogP contribution >= 0.6 is 11.8 Å². The summed E-state index contributed by atoms with van der Waals surface area (Å²) in [7, 11) is 1.41. The van der Waals surface area contributed by atoms with E-state index in [0.29, 0.717) is 11.3 Å². The van der Waals surface area contributed by atoms with Gasteiger partial charge in [-0.05, 0) is 41.0 Å². The first-order valence-corrected chi connectivity index (χ1v) is 11.6. The van der Waals surface area contributed by atoms with E-state index in [1.165, 1.54) is 23.8 Å². The molecule has 1 aromatic carbocycles. The molecule has 174 valence electrons. The minimum atomic E-state index is -1.48. The van der Waals surface area contributed by atoms with Crippen LogP contribution < -0.4 is 0 Å². The number of hydrogen-bond donors (Lipinski definition) is 2. The Hall–Kier alpha value is -2.32. The Morgan fingerprint density at radius 1 is 1.22 bits per heavy atom. The maximum Gasteiger partial charge on any atom is 0.352 e. The molecule has 0 aliphatic carbocycles. The van der Waals surface area contributed by atoms with E-state index in [1.807, 2.05) is 53.7 Å². The number of ether oxygens (including phenoxy) is 1. The lowest BCUT2D eigenvalue weighted by molar-refractivity contribution is -0.182. The maximum absolute atomic E-state index is 13.1. The number of rotatable bonds is 4. The van der Waals surface area contributed by atoms with Crippen LogP contribution in [0.1, 0.15) is 65.2 Å². The van der Waals surface area contributed by atoms with Gasteiger partial charge in [-0.1, -0.05) is 41.5 Å². The van der Waals surface area contributed by atoms with Crippen LogP contribution in [0.25, 0.3) is 0 Å². The number of carbonyl (C=O) groups is 2. The average molecular weight is 461 g/mol. The van der Waals surface area contributed by atoms with Crippen molar-refractivity contribution in [3.05, 3.63) is 40.1 Å². The summed E-state index contributed by atoms with van der Waals surface area (Å²) in [6.45, 7) is 13.9. The minimum Gasteiger partial charge on any atom is -0.507 e. The van der Waals surface area contributed by atoms with Crippen LogP contribution in [0.2, 0.25) is 0 Å². The smallest absolute Gasteiger partial charge is 0.352 e. The SMILES string of the molecule is CO[C@@]1(N=Cc2cc(C(C)(C)C)c(O)c(C(C)(C)C)c2)C(=O)N2C(C(=O)O)=C(C)CS[C@H]21. The molecule has 3 rings (SSSR count). The van der Waals surface area contributed by atoms with Gasteiger partial charge >= 0.3 is 5.97 Å². The number of aromatic hydroxyl groups is 1. The van der Waals surface area contributed by atoms with Gasteiger partial charge in [0.05, 0.1) is 0 Å². The molecule has 2 aliphatic heterocycles. The molecule has 1 fully saturated rings. The zero-order chi connectivity index (χ0) is 24.2. The molecule has 8 heteroatoms. The van der Waals surface area contributed by atoms with Gasteiger partial charge in [-0.15, -0.1) is 11.8 Å². The number of carboxylic acid groups (broad SMARTS) is 1. The standard InChI is InChI=1S/C24H32N2O5S/c1-13-12-32-21-24(31-8,20(30)26(21)17(13)19(28)29)25-11-14-9-15(22(2,3)4)18(27)16(10-14)23(5,6)7/h9-11,21,27H,12H2,1-8H3,(H,28,29)/t21-,24-/m0/s1. The lowest BCUT2D eigenvalue weighted by Gasteiger charge is -2.53. The molecule has 1 saturated heterocycles. The van der Waals surface area contributed by atoms with Crippen molar-refractivity contribution in [2.24, 2.45) is 4.99 Å². The van der Waals surface area contributed by atoms with Crippen molar-refractivity contribution >= 4 is 29.9 Å². The van der Waals surface area contributed by atoms with E-state index in [9.17, 15) is 19.8 Å². The lowest BCUT2D eigenvalue weighted by Crippen LogP contribution is -2.73. The second-order valence-electron chi connectivity index (χ2n) is 10.4. The number of aliphatic carboxylic acids is 1. The molecular weight excluding hydrogens is 428 g/mol. The maximum atomic E-state index is 13.1. The summed E-state index contributed by atoms with van der Waals surface area (Å²) in [5.41, 5.74) is 0.901. The van der Waals surface area contributed by atoms with E-state index in [2.05, 4.69) is 4.99 Å². The Kier molecular flexibility index (Phi) is 6.02. The zero-order valence-corrected chi connectivity index (χ0v) is 20.8. The minimum absolute atomic E-state index is 0.0105. The summed E-state index contributed by atoms with van der Waals surface area (Å²) in [4.78, 5) is 30.6. The summed E-state index contributed by atoms with van der Waals surface area (Å²) in [6, 6.07) is 3.75. The van der Waals surface area contributed by atoms with Crippen LogP contribution in [-0.4, -0.2) is 57.2 Å². The van der Waals surface area contributed by atoms with Crippen molar-refractivity contribution in [3.63, 3.8) is 0 Å². The molecule has 2 aliphatic rings. The fourth-order valence-electron chi connectivity index (χ4n) is 4.07. The molecule has 2 N–H and O–H groups in total. The molecule has 0 unspecified atom stereocenters. The van der Waals surface area contributed by atoms with Crippen LogP contribution in [0.5, 0.6) is 5.75 Å².